The minimum atomic E-state index is -0.608. The average Bonchev–Trinajstić information content (AvgIpc) is 2.44. The van der Waals surface area contributed by atoms with Gasteiger partial charge in [-0.1, -0.05) is 42.5 Å². The van der Waals surface area contributed by atoms with Crippen molar-refractivity contribution in [3.63, 3.8) is 0 Å². The fourth-order valence-corrected chi connectivity index (χ4v) is 2.52. The van der Waals surface area contributed by atoms with Crippen molar-refractivity contribution in [3.8, 4) is 0 Å². The third-order valence-electron chi connectivity index (χ3n) is 3.57. The smallest absolute Gasteiger partial charge is 0.327 e. The molecule has 3 amide bonds. The summed E-state index contributed by atoms with van der Waals surface area (Å²) in [6.07, 6.45) is 0. The molecule has 1 fully saturated rings. The highest BCUT2D eigenvalue weighted by molar-refractivity contribution is 7.80. The first-order valence-electron chi connectivity index (χ1n) is 6.87. The lowest BCUT2D eigenvalue weighted by atomic mass is 10.0. The third kappa shape index (κ3) is 3.21. The van der Waals surface area contributed by atoms with E-state index in [0.717, 1.165) is 5.56 Å². The number of imide groups is 1. The first kappa shape index (κ1) is 15.4. The molecular weight excluding hydrogens is 286 g/mol. The van der Waals surface area contributed by atoms with E-state index in [-0.39, 0.29) is 36.1 Å². The first-order chi connectivity index (χ1) is 9.91. The summed E-state index contributed by atoms with van der Waals surface area (Å²) in [4.78, 5) is 28.0. The van der Waals surface area contributed by atoms with Gasteiger partial charge < -0.3 is 10.6 Å². The molecule has 1 aromatic carbocycles. The molecule has 0 aromatic heterocycles. The predicted molar refractivity (Wildman–Crippen MR) is 84.5 cm³/mol. The Morgan fingerprint density at radius 3 is 2.48 bits per heavy atom. The number of rotatable bonds is 4. The SMILES string of the molecule is CC(C)N1CC(C(N)=S)C(=O)N(Cc2ccccc2)C1=O. The van der Waals surface area contributed by atoms with Crippen LogP contribution in [0.5, 0.6) is 0 Å². The number of carbonyl (C=O) groups is 2. The van der Waals surface area contributed by atoms with E-state index in [1.165, 1.54) is 4.90 Å². The Hall–Kier alpha value is -1.95. The molecule has 21 heavy (non-hydrogen) atoms. The van der Waals surface area contributed by atoms with Crippen LogP contribution >= 0.6 is 12.2 Å². The molecule has 0 aliphatic carbocycles. The Bertz CT molecular complexity index is 559. The van der Waals surface area contributed by atoms with Crippen molar-refractivity contribution < 1.29 is 9.59 Å². The van der Waals surface area contributed by atoms with E-state index in [9.17, 15) is 9.59 Å². The third-order valence-corrected chi connectivity index (χ3v) is 3.85. The maximum absolute atomic E-state index is 12.5. The second kappa shape index (κ2) is 6.22. The molecule has 112 valence electrons. The molecule has 0 saturated carbocycles. The highest BCUT2D eigenvalue weighted by Crippen LogP contribution is 2.21. The monoisotopic (exact) mass is 305 g/mol. The van der Waals surface area contributed by atoms with Crippen LogP contribution in [0.15, 0.2) is 30.3 Å². The minimum Gasteiger partial charge on any atom is -0.393 e. The number of amides is 3. The maximum Gasteiger partial charge on any atom is 0.327 e. The first-order valence-corrected chi connectivity index (χ1v) is 7.28. The van der Waals surface area contributed by atoms with E-state index < -0.39 is 5.92 Å². The predicted octanol–water partition coefficient (Wildman–Crippen LogP) is 1.76. The molecule has 0 radical (unpaired) electrons. The van der Waals surface area contributed by atoms with Crippen LogP contribution in [0.4, 0.5) is 4.79 Å². The standard InChI is InChI=1S/C15H19N3O2S/c1-10(2)17-9-12(13(16)21)14(19)18(15(17)20)8-11-6-4-3-5-7-11/h3-7,10,12H,8-9H2,1-2H3,(H2,16,21). The lowest BCUT2D eigenvalue weighted by Crippen LogP contribution is -2.60. The van der Waals surface area contributed by atoms with Crippen LogP contribution in [-0.4, -0.2) is 39.3 Å². The number of benzene rings is 1. The van der Waals surface area contributed by atoms with E-state index >= 15 is 0 Å². The molecule has 0 spiro atoms. The Labute approximate surface area is 129 Å². The molecule has 0 bridgehead atoms. The summed E-state index contributed by atoms with van der Waals surface area (Å²) in [6, 6.07) is 9.10. The van der Waals surface area contributed by atoms with Crippen molar-refractivity contribution in [1.29, 1.82) is 0 Å². The highest BCUT2D eigenvalue weighted by Gasteiger charge is 2.41. The molecule has 6 heteroatoms. The van der Waals surface area contributed by atoms with Gasteiger partial charge in [0.15, 0.2) is 0 Å². The number of nitrogens with zero attached hydrogens (tertiary/aromatic N) is 2. The summed E-state index contributed by atoms with van der Waals surface area (Å²) in [5.74, 6) is -0.919. The van der Waals surface area contributed by atoms with E-state index in [0.29, 0.717) is 0 Å². The van der Waals surface area contributed by atoms with E-state index in [4.69, 9.17) is 18.0 Å². The van der Waals surface area contributed by atoms with Crippen molar-refractivity contribution >= 4 is 29.1 Å². The Morgan fingerprint density at radius 2 is 1.95 bits per heavy atom. The Morgan fingerprint density at radius 1 is 1.33 bits per heavy atom. The van der Waals surface area contributed by atoms with E-state index in [2.05, 4.69) is 0 Å². The van der Waals surface area contributed by atoms with Crippen LogP contribution in [0.2, 0.25) is 0 Å². The van der Waals surface area contributed by atoms with Gasteiger partial charge in [0.05, 0.1) is 11.5 Å². The lowest BCUT2D eigenvalue weighted by Gasteiger charge is -2.40. The van der Waals surface area contributed by atoms with Crippen molar-refractivity contribution in [2.24, 2.45) is 11.7 Å². The van der Waals surface area contributed by atoms with Gasteiger partial charge in [-0.2, -0.15) is 0 Å². The maximum atomic E-state index is 12.5. The summed E-state index contributed by atoms with van der Waals surface area (Å²) in [5.41, 5.74) is 6.56. The van der Waals surface area contributed by atoms with Gasteiger partial charge in [0.2, 0.25) is 5.91 Å². The second-order valence-electron chi connectivity index (χ2n) is 5.39. The summed E-state index contributed by atoms with van der Waals surface area (Å²) >= 11 is 4.98. The van der Waals surface area contributed by atoms with Crippen molar-refractivity contribution in [2.75, 3.05) is 6.54 Å². The van der Waals surface area contributed by atoms with Gasteiger partial charge in [-0.15, -0.1) is 0 Å². The molecule has 1 aliphatic heterocycles. The minimum absolute atomic E-state index is 0.0132. The average molecular weight is 305 g/mol. The zero-order valence-electron chi connectivity index (χ0n) is 12.2. The molecule has 5 nitrogen and oxygen atoms in total. The van der Waals surface area contributed by atoms with Gasteiger partial charge in [0.25, 0.3) is 0 Å². The fourth-order valence-electron chi connectivity index (χ4n) is 2.35. The molecular formula is C15H19N3O2S. The van der Waals surface area contributed by atoms with E-state index in [1.54, 1.807) is 4.90 Å². The number of thiocarbonyl (C=S) groups is 1. The molecule has 1 aromatic rings. The zero-order chi connectivity index (χ0) is 15.6. The fraction of sp³-hybridized carbons (Fsp3) is 0.400. The molecule has 2 rings (SSSR count). The molecule has 1 aliphatic rings. The van der Waals surface area contributed by atoms with Gasteiger partial charge in [0, 0.05) is 12.6 Å². The number of nitrogens with two attached hydrogens (primary N) is 1. The van der Waals surface area contributed by atoms with Gasteiger partial charge >= 0.3 is 6.03 Å². The normalized spacial score (nSPS) is 19.3. The van der Waals surface area contributed by atoms with Crippen LogP contribution in [0.1, 0.15) is 19.4 Å². The van der Waals surface area contributed by atoms with Gasteiger partial charge in [-0.05, 0) is 19.4 Å². The Kier molecular flexibility index (Phi) is 4.57. The van der Waals surface area contributed by atoms with Crippen LogP contribution in [-0.2, 0) is 11.3 Å². The van der Waals surface area contributed by atoms with Crippen LogP contribution in [0.25, 0.3) is 0 Å². The van der Waals surface area contributed by atoms with Crippen LogP contribution < -0.4 is 5.73 Å². The molecule has 2 N–H and O–H groups in total. The van der Waals surface area contributed by atoms with Gasteiger partial charge in [0.1, 0.15) is 5.92 Å². The van der Waals surface area contributed by atoms with E-state index in [1.807, 2.05) is 44.2 Å². The van der Waals surface area contributed by atoms with Crippen molar-refractivity contribution in [3.05, 3.63) is 35.9 Å². The molecule has 1 saturated heterocycles. The quantitative estimate of drug-likeness (QED) is 0.861. The molecule has 1 atom stereocenters. The number of urea groups is 1. The zero-order valence-corrected chi connectivity index (χ0v) is 13.0. The topological polar surface area (TPSA) is 66.6 Å². The number of hydrogen-bond acceptors (Lipinski definition) is 3. The van der Waals surface area contributed by atoms with Crippen LogP contribution in [0, 0.1) is 5.92 Å². The largest absolute Gasteiger partial charge is 0.393 e. The summed E-state index contributed by atoms with van der Waals surface area (Å²) in [5, 5.41) is 0. The summed E-state index contributed by atoms with van der Waals surface area (Å²) in [6.45, 7) is 4.31. The van der Waals surface area contributed by atoms with Gasteiger partial charge in [-0.3, -0.25) is 9.69 Å². The second-order valence-corrected chi connectivity index (χ2v) is 5.87. The lowest BCUT2D eigenvalue weighted by molar-refractivity contribution is -0.134. The number of hydrogen-bond donors (Lipinski definition) is 1. The number of carbonyl (C=O) groups excluding carboxylic acids is 2. The van der Waals surface area contributed by atoms with Crippen LogP contribution in [0.3, 0.4) is 0 Å². The Balaban J connectivity index is 2.29. The summed E-state index contributed by atoms with van der Waals surface area (Å²) < 4.78 is 0. The van der Waals surface area contributed by atoms with Crippen molar-refractivity contribution in [1.82, 2.24) is 9.80 Å². The summed E-state index contributed by atoms with van der Waals surface area (Å²) in [7, 11) is 0. The molecule has 1 unspecified atom stereocenters. The molecule has 1 heterocycles. The highest BCUT2D eigenvalue weighted by atomic mass is 32.1. The van der Waals surface area contributed by atoms with Gasteiger partial charge in [-0.25, -0.2) is 4.79 Å². The van der Waals surface area contributed by atoms with Crippen molar-refractivity contribution in [2.45, 2.75) is 26.4 Å².